The molecule has 0 heterocycles. The van der Waals surface area contributed by atoms with Crippen LogP contribution in [-0.2, 0) is 9.59 Å². The fourth-order valence-electron chi connectivity index (χ4n) is 2.56. The van der Waals surface area contributed by atoms with Crippen LogP contribution in [0.25, 0.3) is 0 Å². The van der Waals surface area contributed by atoms with Gasteiger partial charge < -0.3 is 15.2 Å². The summed E-state index contributed by atoms with van der Waals surface area (Å²) in [5.41, 5.74) is 2.08. The largest absolute Gasteiger partial charge is 0.482 e. The Balaban J connectivity index is 1.87. The standard InChI is InChI=1S/C20H23NO4/c1-14(16-6-4-3-5-7-16)12-19(22)21-15(2)17-8-10-18(11-9-17)25-13-20(23)24/h3-11,14-15H,12-13H2,1-2H3,(H,21,22)(H,23,24). The molecule has 132 valence electrons. The Morgan fingerprint density at radius 2 is 1.64 bits per heavy atom. The molecule has 1 amide bonds. The molecule has 2 atom stereocenters. The number of aliphatic carboxylic acids is 1. The molecule has 0 radical (unpaired) electrons. The van der Waals surface area contributed by atoms with E-state index in [0.29, 0.717) is 12.2 Å². The maximum absolute atomic E-state index is 12.3. The van der Waals surface area contributed by atoms with Crippen LogP contribution in [0.15, 0.2) is 54.6 Å². The molecular weight excluding hydrogens is 318 g/mol. The summed E-state index contributed by atoms with van der Waals surface area (Å²) in [6.07, 6.45) is 0.425. The monoisotopic (exact) mass is 341 g/mol. The number of carboxylic acids is 1. The molecule has 0 aliphatic carbocycles. The number of ether oxygens (including phenoxy) is 1. The third-order valence-corrected chi connectivity index (χ3v) is 3.98. The molecule has 0 spiro atoms. The molecule has 2 N–H and O–H groups in total. The lowest BCUT2D eigenvalue weighted by Crippen LogP contribution is -2.27. The Labute approximate surface area is 147 Å². The second-order valence-corrected chi connectivity index (χ2v) is 6.06. The lowest BCUT2D eigenvalue weighted by Gasteiger charge is -2.17. The van der Waals surface area contributed by atoms with Crippen molar-refractivity contribution in [2.45, 2.75) is 32.2 Å². The van der Waals surface area contributed by atoms with Crippen LogP contribution in [0.5, 0.6) is 5.75 Å². The van der Waals surface area contributed by atoms with Crippen molar-refractivity contribution >= 4 is 11.9 Å². The Morgan fingerprint density at radius 1 is 1.00 bits per heavy atom. The number of amides is 1. The van der Waals surface area contributed by atoms with Gasteiger partial charge in [0.25, 0.3) is 0 Å². The van der Waals surface area contributed by atoms with Crippen molar-refractivity contribution in [1.29, 1.82) is 0 Å². The van der Waals surface area contributed by atoms with Gasteiger partial charge in [-0.15, -0.1) is 0 Å². The quantitative estimate of drug-likeness (QED) is 0.770. The summed E-state index contributed by atoms with van der Waals surface area (Å²) in [6, 6.07) is 16.9. The molecule has 2 rings (SSSR count). The van der Waals surface area contributed by atoms with Crippen LogP contribution in [0.1, 0.15) is 43.4 Å². The van der Waals surface area contributed by atoms with Gasteiger partial charge in [-0.05, 0) is 36.1 Å². The van der Waals surface area contributed by atoms with E-state index in [4.69, 9.17) is 9.84 Å². The molecular formula is C20H23NO4. The van der Waals surface area contributed by atoms with Gasteiger partial charge in [0.05, 0.1) is 6.04 Å². The minimum Gasteiger partial charge on any atom is -0.482 e. The first-order valence-electron chi connectivity index (χ1n) is 8.24. The summed E-state index contributed by atoms with van der Waals surface area (Å²) >= 11 is 0. The number of carboxylic acid groups (broad SMARTS) is 1. The van der Waals surface area contributed by atoms with Crippen molar-refractivity contribution in [2.24, 2.45) is 0 Å². The Bertz CT molecular complexity index is 697. The topological polar surface area (TPSA) is 75.6 Å². The minimum absolute atomic E-state index is 0.00458. The van der Waals surface area contributed by atoms with Crippen molar-refractivity contribution in [3.63, 3.8) is 0 Å². The first-order chi connectivity index (χ1) is 12.0. The number of carbonyl (C=O) groups is 2. The first-order valence-corrected chi connectivity index (χ1v) is 8.24. The highest BCUT2D eigenvalue weighted by Crippen LogP contribution is 2.21. The average molecular weight is 341 g/mol. The molecule has 2 unspecified atom stereocenters. The molecule has 5 heteroatoms. The predicted octanol–water partition coefficient (Wildman–Crippen LogP) is 3.52. The van der Waals surface area contributed by atoms with Gasteiger partial charge in [-0.3, -0.25) is 4.79 Å². The van der Waals surface area contributed by atoms with Crippen LogP contribution in [-0.4, -0.2) is 23.6 Å². The third kappa shape index (κ3) is 5.95. The fraction of sp³-hybridized carbons (Fsp3) is 0.300. The van der Waals surface area contributed by atoms with Gasteiger partial charge in [0, 0.05) is 6.42 Å². The number of carbonyl (C=O) groups excluding carboxylic acids is 1. The Kier molecular flexibility index (Phi) is 6.57. The van der Waals surface area contributed by atoms with Gasteiger partial charge in [-0.1, -0.05) is 49.4 Å². The second-order valence-electron chi connectivity index (χ2n) is 6.06. The maximum Gasteiger partial charge on any atom is 0.341 e. The Hall–Kier alpha value is -2.82. The molecule has 2 aromatic carbocycles. The molecule has 0 aliphatic heterocycles. The summed E-state index contributed by atoms with van der Waals surface area (Å²) in [5.74, 6) is -0.380. The first kappa shape index (κ1) is 18.5. The van der Waals surface area contributed by atoms with Gasteiger partial charge in [0.1, 0.15) is 5.75 Å². The summed E-state index contributed by atoms with van der Waals surface area (Å²) in [7, 11) is 0. The zero-order valence-electron chi connectivity index (χ0n) is 14.4. The number of benzene rings is 2. The van der Waals surface area contributed by atoms with Crippen LogP contribution in [0.2, 0.25) is 0 Å². The van der Waals surface area contributed by atoms with Gasteiger partial charge in [-0.25, -0.2) is 4.79 Å². The molecule has 0 saturated carbocycles. The molecule has 0 aliphatic rings. The minimum atomic E-state index is -1.02. The highest BCUT2D eigenvalue weighted by Gasteiger charge is 2.14. The van der Waals surface area contributed by atoms with E-state index in [1.807, 2.05) is 56.3 Å². The van der Waals surface area contributed by atoms with E-state index >= 15 is 0 Å². The average Bonchev–Trinajstić information content (AvgIpc) is 2.61. The second kappa shape index (κ2) is 8.87. The van der Waals surface area contributed by atoms with Crippen LogP contribution in [0.3, 0.4) is 0 Å². The normalized spacial score (nSPS) is 12.9. The molecule has 2 aromatic rings. The summed E-state index contributed by atoms with van der Waals surface area (Å²) < 4.78 is 5.10. The summed E-state index contributed by atoms with van der Waals surface area (Å²) in [5, 5.41) is 11.6. The summed E-state index contributed by atoms with van der Waals surface area (Å²) in [4.78, 5) is 22.7. The van der Waals surface area contributed by atoms with Gasteiger partial charge >= 0.3 is 5.97 Å². The van der Waals surface area contributed by atoms with E-state index in [1.54, 1.807) is 12.1 Å². The zero-order chi connectivity index (χ0) is 18.2. The van der Waals surface area contributed by atoms with Crippen molar-refractivity contribution in [2.75, 3.05) is 6.61 Å². The van der Waals surface area contributed by atoms with Crippen molar-refractivity contribution in [3.05, 3.63) is 65.7 Å². The SMILES string of the molecule is CC(CC(=O)NC(C)c1ccc(OCC(=O)O)cc1)c1ccccc1. The van der Waals surface area contributed by atoms with Gasteiger partial charge in [-0.2, -0.15) is 0 Å². The predicted molar refractivity (Wildman–Crippen MR) is 95.6 cm³/mol. The van der Waals surface area contributed by atoms with E-state index < -0.39 is 5.97 Å². The van der Waals surface area contributed by atoms with Crippen LogP contribution >= 0.6 is 0 Å². The number of rotatable bonds is 8. The lowest BCUT2D eigenvalue weighted by molar-refractivity contribution is -0.139. The van der Waals surface area contributed by atoms with Crippen LogP contribution in [0.4, 0.5) is 0 Å². The molecule has 5 nitrogen and oxygen atoms in total. The van der Waals surface area contributed by atoms with Crippen LogP contribution < -0.4 is 10.1 Å². The van der Waals surface area contributed by atoms with Crippen LogP contribution in [0, 0.1) is 0 Å². The fourth-order valence-corrected chi connectivity index (χ4v) is 2.56. The summed E-state index contributed by atoms with van der Waals surface area (Å²) in [6.45, 7) is 3.58. The Morgan fingerprint density at radius 3 is 2.24 bits per heavy atom. The number of hydrogen-bond donors (Lipinski definition) is 2. The highest BCUT2D eigenvalue weighted by molar-refractivity contribution is 5.77. The van der Waals surface area contributed by atoms with E-state index in [1.165, 1.54) is 0 Å². The number of hydrogen-bond acceptors (Lipinski definition) is 3. The zero-order valence-corrected chi connectivity index (χ0v) is 14.4. The van der Waals surface area contributed by atoms with Crippen molar-refractivity contribution < 1.29 is 19.4 Å². The lowest BCUT2D eigenvalue weighted by atomic mass is 9.97. The third-order valence-electron chi connectivity index (χ3n) is 3.98. The smallest absolute Gasteiger partial charge is 0.341 e. The van der Waals surface area contributed by atoms with E-state index in [9.17, 15) is 9.59 Å². The molecule has 0 aromatic heterocycles. The van der Waals surface area contributed by atoms with E-state index in [2.05, 4.69) is 5.32 Å². The molecule has 0 bridgehead atoms. The van der Waals surface area contributed by atoms with E-state index in [-0.39, 0.29) is 24.5 Å². The highest BCUT2D eigenvalue weighted by atomic mass is 16.5. The van der Waals surface area contributed by atoms with Gasteiger partial charge in [0.15, 0.2) is 6.61 Å². The van der Waals surface area contributed by atoms with Crippen molar-refractivity contribution in [3.8, 4) is 5.75 Å². The maximum atomic E-state index is 12.3. The van der Waals surface area contributed by atoms with Crippen molar-refractivity contribution in [1.82, 2.24) is 5.32 Å². The molecule has 0 fully saturated rings. The van der Waals surface area contributed by atoms with E-state index in [0.717, 1.165) is 11.1 Å². The van der Waals surface area contributed by atoms with Gasteiger partial charge in [0.2, 0.25) is 5.91 Å². The molecule has 25 heavy (non-hydrogen) atoms. The molecule has 0 saturated heterocycles. The number of nitrogens with one attached hydrogen (secondary N) is 1.